The van der Waals surface area contributed by atoms with Crippen LogP contribution in [0.3, 0.4) is 0 Å². The van der Waals surface area contributed by atoms with Gasteiger partial charge in [0.25, 0.3) is 0 Å². The second-order valence-corrected chi connectivity index (χ2v) is 10.6. The smallest absolute Gasteiger partial charge is 0.137 e. The fraction of sp³-hybridized carbons (Fsp3) is 0. The van der Waals surface area contributed by atoms with E-state index in [0.717, 1.165) is 39.0 Å². The monoisotopic (exact) mass is 537 g/mol. The normalized spacial score (nSPS) is 11.3. The van der Waals surface area contributed by atoms with Crippen molar-refractivity contribution >= 4 is 49.8 Å². The number of anilines is 3. The zero-order valence-electron chi connectivity index (χ0n) is 22.9. The molecule has 0 bridgehead atoms. The minimum atomic E-state index is 0.880. The number of rotatable bonds is 5. The molecular formula is C40H27NO. The molecule has 0 spiro atoms. The van der Waals surface area contributed by atoms with Crippen molar-refractivity contribution in [3.05, 3.63) is 164 Å². The molecule has 0 amide bonds. The molecule has 0 aliphatic heterocycles. The molecular weight excluding hydrogens is 510 g/mol. The summed E-state index contributed by atoms with van der Waals surface area (Å²) in [7, 11) is 0. The van der Waals surface area contributed by atoms with E-state index < -0.39 is 0 Å². The molecule has 8 rings (SSSR count). The molecule has 0 N–H and O–H groups in total. The molecule has 0 aliphatic carbocycles. The van der Waals surface area contributed by atoms with Crippen molar-refractivity contribution in [1.82, 2.24) is 0 Å². The van der Waals surface area contributed by atoms with Crippen LogP contribution in [-0.2, 0) is 0 Å². The van der Waals surface area contributed by atoms with E-state index in [1.165, 1.54) is 33.0 Å². The van der Waals surface area contributed by atoms with Gasteiger partial charge in [-0.05, 0) is 81.6 Å². The highest BCUT2D eigenvalue weighted by Gasteiger charge is 2.19. The highest BCUT2D eigenvalue weighted by atomic mass is 16.3. The largest absolute Gasteiger partial charge is 0.456 e. The molecule has 0 atom stereocenters. The Hall–Kier alpha value is -5.60. The van der Waals surface area contributed by atoms with Gasteiger partial charge in [0, 0.05) is 16.8 Å². The van der Waals surface area contributed by atoms with Crippen molar-refractivity contribution in [3.63, 3.8) is 0 Å². The zero-order chi connectivity index (χ0) is 27.9. The average Bonchev–Trinajstić information content (AvgIpc) is 3.45. The van der Waals surface area contributed by atoms with Crippen molar-refractivity contribution in [3.8, 4) is 22.3 Å². The van der Waals surface area contributed by atoms with E-state index in [1.54, 1.807) is 0 Å². The second-order valence-electron chi connectivity index (χ2n) is 10.6. The van der Waals surface area contributed by atoms with Crippen LogP contribution in [0, 0.1) is 0 Å². The Bertz CT molecular complexity index is 2190. The Balaban J connectivity index is 1.30. The molecule has 2 nitrogen and oxygen atoms in total. The van der Waals surface area contributed by atoms with E-state index in [2.05, 4.69) is 157 Å². The molecule has 0 unspecified atom stereocenters. The maximum atomic E-state index is 6.29. The van der Waals surface area contributed by atoms with Crippen LogP contribution >= 0.6 is 0 Å². The fourth-order valence-corrected chi connectivity index (χ4v) is 6.00. The molecule has 0 saturated carbocycles. The molecule has 1 aromatic heterocycles. The highest BCUT2D eigenvalue weighted by molar-refractivity contribution is 6.13. The van der Waals surface area contributed by atoms with Crippen molar-refractivity contribution in [2.24, 2.45) is 0 Å². The molecule has 42 heavy (non-hydrogen) atoms. The van der Waals surface area contributed by atoms with Crippen LogP contribution in [-0.4, -0.2) is 0 Å². The van der Waals surface area contributed by atoms with Gasteiger partial charge in [-0.1, -0.05) is 115 Å². The number of benzene rings is 7. The summed E-state index contributed by atoms with van der Waals surface area (Å²) in [4.78, 5) is 2.35. The van der Waals surface area contributed by atoms with E-state index in [4.69, 9.17) is 4.42 Å². The standard InChI is InChI=1S/C40H27NO/c1-2-10-28(11-3-1)32-14-8-15-35(27-32)41(37-17-9-19-39-40(37)36-16-6-7-18-38(36)42-39)34-24-22-30(23-25-34)33-21-20-29-12-4-5-13-31(29)26-33/h1-27H. The van der Waals surface area contributed by atoms with Gasteiger partial charge in [-0.25, -0.2) is 0 Å². The van der Waals surface area contributed by atoms with Crippen LogP contribution < -0.4 is 4.90 Å². The summed E-state index contributed by atoms with van der Waals surface area (Å²) in [6.07, 6.45) is 0. The van der Waals surface area contributed by atoms with E-state index in [9.17, 15) is 0 Å². The van der Waals surface area contributed by atoms with Gasteiger partial charge in [0.05, 0.1) is 11.1 Å². The van der Waals surface area contributed by atoms with Gasteiger partial charge in [-0.2, -0.15) is 0 Å². The third kappa shape index (κ3) is 4.22. The van der Waals surface area contributed by atoms with Crippen LogP contribution in [0.1, 0.15) is 0 Å². The van der Waals surface area contributed by atoms with Gasteiger partial charge in [-0.15, -0.1) is 0 Å². The quantitative estimate of drug-likeness (QED) is 0.217. The fourth-order valence-electron chi connectivity index (χ4n) is 6.00. The molecule has 7 aromatic carbocycles. The number of hydrogen-bond donors (Lipinski definition) is 0. The van der Waals surface area contributed by atoms with Crippen molar-refractivity contribution < 1.29 is 4.42 Å². The van der Waals surface area contributed by atoms with Crippen LogP contribution in [0.25, 0.3) is 55.0 Å². The summed E-state index contributed by atoms with van der Waals surface area (Å²) >= 11 is 0. The summed E-state index contributed by atoms with van der Waals surface area (Å²) < 4.78 is 6.29. The number of para-hydroxylation sites is 1. The minimum Gasteiger partial charge on any atom is -0.456 e. The SMILES string of the molecule is c1ccc(-c2cccc(N(c3ccc(-c4ccc5ccccc5c4)cc3)c3cccc4oc5ccccc5c34)c2)cc1. The minimum absolute atomic E-state index is 0.880. The first-order valence-corrected chi connectivity index (χ1v) is 14.3. The van der Waals surface area contributed by atoms with Crippen molar-refractivity contribution in [2.75, 3.05) is 4.90 Å². The maximum absolute atomic E-state index is 6.29. The van der Waals surface area contributed by atoms with Gasteiger partial charge in [0.15, 0.2) is 0 Å². The molecule has 1 heterocycles. The molecule has 8 aromatic rings. The van der Waals surface area contributed by atoms with E-state index >= 15 is 0 Å². The number of fused-ring (bicyclic) bond motifs is 4. The van der Waals surface area contributed by atoms with E-state index in [-0.39, 0.29) is 0 Å². The number of furan rings is 1. The first-order valence-electron chi connectivity index (χ1n) is 14.3. The third-order valence-electron chi connectivity index (χ3n) is 8.04. The van der Waals surface area contributed by atoms with Crippen LogP contribution in [0.2, 0.25) is 0 Å². The van der Waals surface area contributed by atoms with Gasteiger partial charge in [0.1, 0.15) is 11.2 Å². The third-order valence-corrected chi connectivity index (χ3v) is 8.04. The summed E-state index contributed by atoms with van der Waals surface area (Å²) in [6.45, 7) is 0. The first-order chi connectivity index (χ1) is 20.8. The van der Waals surface area contributed by atoms with Crippen molar-refractivity contribution in [2.45, 2.75) is 0 Å². The summed E-state index contributed by atoms with van der Waals surface area (Å²) in [5, 5.41) is 4.72. The summed E-state index contributed by atoms with van der Waals surface area (Å²) in [5.74, 6) is 0. The maximum Gasteiger partial charge on any atom is 0.137 e. The average molecular weight is 538 g/mol. The topological polar surface area (TPSA) is 16.4 Å². The Morgan fingerprint density at radius 1 is 0.381 bits per heavy atom. The molecule has 2 heteroatoms. The highest BCUT2D eigenvalue weighted by Crippen LogP contribution is 2.43. The van der Waals surface area contributed by atoms with Crippen LogP contribution in [0.4, 0.5) is 17.1 Å². The summed E-state index contributed by atoms with van der Waals surface area (Å²) in [6, 6.07) is 58.0. The molecule has 0 fully saturated rings. The lowest BCUT2D eigenvalue weighted by atomic mass is 10.0. The Labute approximate surface area is 244 Å². The van der Waals surface area contributed by atoms with Crippen LogP contribution in [0.15, 0.2) is 168 Å². The van der Waals surface area contributed by atoms with Gasteiger partial charge in [-0.3, -0.25) is 0 Å². The molecule has 198 valence electrons. The van der Waals surface area contributed by atoms with Gasteiger partial charge >= 0.3 is 0 Å². The lowest BCUT2D eigenvalue weighted by molar-refractivity contribution is 0.669. The molecule has 0 aliphatic rings. The predicted molar refractivity (Wildman–Crippen MR) is 177 cm³/mol. The van der Waals surface area contributed by atoms with E-state index in [0.29, 0.717) is 0 Å². The lowest BCUT2D eigenvalue weighted by Crippen LogP contribution is -2.10. The van der Waals surface area contributed by atoms with E-state index in [1.807, 2.05) is 12.1 Å². The summed E-state index contributed by atoms with van der Waals surface area (Å²) in [5.41, 5.74) is 9.80. The first kappa shape index (κ1) is 24.2. The lowest BCUT2D eigenvalue weighted by Gasteiger charge is -2.27. The molecule has 0 radical (unpaired) electrons. The predicted octanol–water partition coefficient (Wildman–Crippen LogP) is 11.5. The van der Waals surface area contributed by atoms with Crippen LogP contribution in [0.5, 0.6) is 0 Å². The zero-order valence-corrected chi connectivity index (χ0v) is 22.9. The Morgan fingerprint density at radius 3 is 1.90 bits per heavy atom. The Kier molecular flexibility index (Phi) is 5.82. The van der Waals surface area contributed by atoms with Crippen molar-refractivity contribution in [1.29, 1.82) is 0 Å². The second kappa shape index (κ2) is 10.1. The van der Waals surface area contributed by atoms with Gasteiger partial charge in [0.2, 0.25) is 0 Å². The van der Waals surface area contributed by atoms with Gasteiger partial charge < -0.3 is 9.32 Å². The number of nitrogens with zero attached hydrogens (tertiary/aromatic N) is 1. The molecule has 0 saturated heterocycles. The number of hydrogen-bond acceptors (Lipinski definition) is 2. The Morgan fingerprint density at radius 2 is 1.02 bits per heavy atom.